The second-order valence-corrected chi connectivity index (χ2v) is 9.09. The molecule has 9 heteroatoms. The fourth-order valence-corrected chi connectivity index (χ4v) is 4.76. The third-order valence-electron chi connectivity index (χ3n) is 5.98. The van der Waals surface area contributed by atoms with Gasteiger partial charge in [-0.2, -0.15) is 0 Å². The van der Waals surface area contributed by atoms with E-state index in [4.69, 9.17) is 27.9 Å². The van der Waals surface area contributed by atoms with Gasteiger partial charge in [-0.15, -0.1) is 0 Å². The standard InChI is InChI=1S/C25H24Cl2FN3O3/c1-14(25(33)31-9-3-4-15(13-31)24(32)29-2)34-17-6-8-19-20(12-23(27)30-22(19)11-17)18-7-5-16(28)10-21(18)26/h5-8,10-12,14-15H,3-4,9,13H2,1-2H3,(H,29,32)/t14-,15+/m1/s1. The summed E-state index contributed by atoms with van der Waals surface area (Å²) in [6.45, 7) is 2.66. The Morgan fingerprint density at radius 1 is 1.18 bits per heavy atom. The Morgan fingerprint density at radius 3 is 2.71 bits per heavy atom. The highest BCUT2D eigenvalue weighted by molar-refractivity contribution is 6.34. The Balaban J connectivity index is 1.56. The first-order valence-corrected chi connectivity index (χ1v) is 11.7. The van der Waals surface area contributed by atoms with Crippen LogP contribution in [-0.2, 0) is 9.59 Å². The number of fused-ring (bicyclic) bond motifs is 1. The van der Waals surface area contributed by atoms with Gasteiger partial charge in [0, 0.05) is 37.2 Å². The van der Waals surface area contributed by atoms with Gasteiger partial charge in [-0.25, -0.2) is 9.37 Å². The summed E-state index contributed by atoms with van der Waals surface area (Å²) in [5.41, 5.74) is 1.90. The molecule has 0 saturated carbocycles. The van der Waals surface area contributed by atoms with E-state index in [1.54, 1.807) is 43.1 Å². The fraction of sp³-hybridized carbons (Fsp3) is 0.320. The molecule has 2 atom stereocenters. The van der Waals surface area contributed by atoms with E-state index in [1.807, 2.05) is 6.07 Å². The van der Waals surface area contributed by atoms with Gasteiger partial charge in [0.1, 0.15) is 16.7 Å². The summed E-state index contributed by atoms with van der Waals surface area (Å²) < 4.78 is 19.5. The van der Waals surface area contributed by atoms with Crippen LogP contribution in [0.4, 0.5) is 4.39 Å². The Kier molecular flexibility index (Phi) is 7.24. The molecule has 1 aliphatic heterocycles. The van der Waals surface area contributed by atoms with Crippen molar-refractivity contribution in [3.8, 4) is 16.9 Å². The van der Waals surface area contributed by atoms with Gasteiger partial charge in [-0.05, 0) is 61.7 Å². The number of pyridine rings is 1. The van der Waals surface area contributed by atoms with Crippen molar-refractivity contribution >= 4 is 45.9 Å². The zero-order valence-electron chi connectivity index (χ0n) is 18.8. The van der Waals surface area contributed by atoms with E-state index < -0.39 is 11.9 Å². The highest BCUT2D eigenvalue weighted by Gasteiger charge is 2.30. The van der Waals surface area contributed by atoms with Gasteiger partial charge < -0.3 is 15.0 Å². The highest BCUT2D eigenvalue weighted by Crippen LogP contribution is 2.36. The van der Waals surface area contributed by atoms with Crippen molar-refractivity contribution in [1.29, 1.82) is 0 Å². The van der Waals surface area contributed by atoms with Crippen molar-refractivity contribution < 1.29 is 18.7 Å². The first kappa shape index (κ1) is 24.2. The number of nitrogens with one attached hydrogen (secondary N) is 1. The van der Waals surface area contributed by atoms with Gasteiger partial charge in [0.15, 0.2) is 6.10 Å². The Morgan fingerprint density at radius 2 is 1.97 bits per heavy atom. The molecule has 178 valence electrons. The quantitative estimate of drug-likeness (QED) is 0.491. The van der Waals surface area contributed by atoms with Crippen molar-refractivity contribution in [2.24, 2.45) is 5.92 Å². The van der Waals surface area contributed by atoms with Crippen LogP contribution < -0.4 is 10.1 Å². The van der Waals surface area contributed by atoms with E-state index in [2.05, 4.69) is 10.3 Å². The lowest BCUT2D eigenvalue weighted by Crippen LogP contribution is -2.48. The number of halogens is 3. The van der Waals surface area contributed by atoms with Gasteiger partial charge in [0.2, 0.25) is 5.91 Å². The number of likely N-dealkylation sites (tertiary alicyclic amines) is 1. The molecule has 1 saturated heterocycles. The molecule has 34 heavy (non-hydrogen) atoms. The van der Waals surface area contributed by atoms with Crippen LogP contribution >= 0.6 is 23.2 Å². The van der Waals surface area contributed by atoms with E-state index in [9.17, 15) is 14.0 Å². The van der Waals surface area contributed by atoms with Crippen LogP contribution in [0.25, 0.3) is 22.0 Å². The molecule has 1 aliphatic rings. The number of aromatic nitrogens is 1. The van der Waals surface area contributed by atoms with Gasteiger partial charge in [-0.3, -0.25) is 9.59 Å². The molecule has 4 rings (SSSR count). The smallest absolute Gasteiger partial charge is 0.263 e. The summed E-state index contributed by atoms with van der Waals surface area (Å²) in [5, 5.41) is 3.92. The first-order chi connectivity index (χ1) is 16.3. The van der Waals surface area contributed by atoms with E-state index in [-0.39, 0.29) is 27.9 Å². The van der Waals surface area contributed by atoms with Crippen LogP contribution in [0.3, 0.4) is 0 Å². The summed E-state index contributed by atoms with van der Waals surface area (Å²) in [6, 6.07) is 11.1. The van der Waals surface area contributed by atoms with E-state index in [0.29, 0.717) is 35.5 Å². The Labute approximate surface area is 207 Å². The number of ether oxygens (including phenoxy) is 1. The molecule has 2 aromatic carbocycles. The Hall–Kier alpha value is -2.90. The summed E-state index contributed by atoms with van der Waals surface area (Å²) in [6.07, 6.45) is 0.783. The molecule has 0 spiro atoms. The lowest BCUT2D eigenvalue weighted by molar-refractivity contribution is -0.141. The van der Waals surface area contributed by atoms with Gasteiger partial charge in [0.25, 0.3) is 5.91 Å². The molecule has 2 amide bonds. The molecule has 2 heterocycles. The Bertz CT molecular complexity index is 1250. The highest BCUT2D eigenvalue weighted by atomic mass is 35.5. The maximum Gasteiger partial charge on any atom is 0.263 e. The van der Waals surface area contributed by atoms with Crippen LogP contribution in [0.5, 0.6) is 5.75 Å². The number of nitrogens with zero attached hydrogens (tertiary/aromatic N) is 2. The molecule has 0 bridgehead atoms. The first-order valence-electron chi connectivity index (χ1n) is 11.0. The molecule has 0 aliphatic carbocycles. The fourth-order valence-electron chi connectivity index (χ4n) is 4.29. The molecule has 0 radical (unpaired) electrons. The number of benzene rings is 2. The van der Waals surface area contributed by atoms with Crippen molar-refractivity contribution in [2.45, 2.75) is 25.9 Å². The number of hydrogen-bond acceptors (Lipinski definition) is 4. The number of carbonyl (C=O) groups excluding carboxylic acids is 2. The molecule has 3 aromatic rings. The third kappa shape index (κ3) is 5.10. The maximum atomic E-state index is 13.5. The minimum atomic E-state index is -0.744. The van der Waals surface area contributed by atoms with E-state index >= 15 is 0 Å². The van der Waals surface area contributed by atoms with Crippen LogP contribution in [0.2, 0.25) is 10.2 Å². The van der Waals surface area contributed by atoms with Gasteiger partial charge in [0.05, 0.1) is 16.5 Å². The molecule has 1 N–H and O–H groups in total. The lowest BCUT2D eigenvalue weighted by atomic mass is 9.97. The van der Waals surface area contributed by atoms with Crippen molar-refractivity contribution in [2.75, 3.05) is 20.1 Å². The SMILES string of the molecule is CNC(=O)[C@H]1CCCN(C(=O)[C@@H](C)Oc2ccc3c(-c4ccc(F)cc4Cl)cc(Cl)nc3c2)C1. The molecule has 6 nitrogen and oxygen atoms in total. The average Bonchev–Trinajstić information content (AvgIpc) is 2.82. The van der Waals surface area contributed by atoms with E-state index in [0.717, 1.165) is 18.2 Å². The minimum absolute atomic E-state index is 0.0550. The second kappa shape index (κ2) is 10.2. The zero-order chi connectivity index (χ0) is 24.4. The number of piperidine rings is 1. The normalized spacial score (nSPS) is 16.9. The topological polar surface area (TPSA) is 71.5 Å². The molecule has 0 unspecified atom stereocenters. The monoisotopic (exact) mass is 503 g/mol. The summed E-state index contributed by atoms with van der Waals surface area (Å²) >= 11 is 12.5. The summed E-state index contributed by atoms with van der Waals surface area (Å²) in [7, 11) is 1.60. The second-order valence-electron chi connectivity index (χ2n) is 8.29. The van der Waals surface area contributed by atoms with Crippen molar-refractivity contribution in [1.82, 2.24) is 15.2 Å². The third-order valence-corrected chi connectivity index (χ3v) is 6.49. The van der Waals surface area contributed by atoms with Crippen LogP contribution in [-0.4, -0.2) is 47.9 Å². The molecular weight excluding hydrogens is 480 g/mol. The predicted octanol–water partition coefficient (Wildman–Crippen LogP) is 5.10. The lowest BCUT2D eigenvalue weighted by Gasteiger charge is -2.33. The summed E-state index contributed by atoms with van der Waals surface area (Å²) in [4.78, 5) is 31.0. The number of rotatable bonds is 5. The molecule has 1 fully saturated rings. The number of hydrogen-bond donors (Lipinski definition) is 1. The predicted molar refractivity (Wildman–Crippen MR) is 131 cm³/mol. The van der Waals surface area contributed by atoms with Crippen LogP contribution in [0.1, 0.15) is 19.8 Å². The van der Waals surface area contributed by atoms with Crippen molar-refractivity contribution in [3.63, 3.8) is 0 Å². The maximum absolute atomic E-state index is 13.5. The largest absolute Gasteiger partial charge is 0.481 e. The van der Waals surface area contributed by atoms with E-state index in [1.165, 1.54) is 12.1 Å². The molecular formula is C25H24Cl2FN3O3. The van der Waals surface area contributed by atoms with Crippen LogP contribution in [0, 0.1) is 11.7 Å². The van der Waals surface area contributed by atoms with Gasteiger partial charge in [-0.1, -0.05) is 23.2 Å². The number of carbonyl (C=O) groups is 2. The van der Waals surface area contributed by atoms with Gasteiger partial charge >= 0.3 is 0 Å². The molecule has 1 aromatic heterocycles. The minimum Gasteiger partial charge on any atom is -0.481 e. The van der Waals surface area contributed by atoms with Crippen molar-refractivity contribution in [3.05, 3.63) is 58.5 Å². The van der Waals surface area contributed by atoms with Crippen LogP contribution in [0.15, 0.2) is 42.5 Å². The average molecular weight is 504 g/mol. The number of amides is 2. The summed E-state index contributed by atoms with van der Waals surface area (Å²) in [5.74, 6) is -0.409. The zero-order valence-corrected chi connectivity index (χ0v) is 20.3.